The second kappa shape index (κ2) is 4.83. The molecule has 4 nitrogen and oxygen atoms in total. The minimum absolute atomic E-state index is 0.292. The highest BCUT2D eigenvalue weighted by molar-refractivity contribution is 6.01. The SMILES string of the molecule is C=C(F)C(=O)Nc1cc(C)n(-c2ccccc2)n1. The minimum atomic E-state index is -1.04. The molecule has 0 saturated carbocycles. The molecule has 1 N–H and O–H groups in total. The summed E-state index contributed by atoms with van der Waals surface area (Å²) in [7, 11) is 0. The van der Waals surface area contributed by atoms with Gasteiger partial charge in [-0.2, -0.15) is 0 Å². The Balaban J connectivity index is 2.28. The van der Waals surface area contributed by atoms with Gasteiger partial charge in [-0.25, -0.2) is 9.07 Å². The number of benzene rings is 1. The Bertz CT molecular complexity index is 590. The molecule has 0 spiro atoms. The van der Waals surface area contributed by atoms with Crippen LogP contribution >= 0.6 is 0 Å². The summed E-state index contributed by atoms with van der Waals surface area (Å²) in [5.74, 6) is -1.63. The van der Waals surface area contributed by atoms with Crippen LogP contribution in [0.2, 0.25) is 0 Å². The zero-order valence-corrected chi connectivity index (χ0v) is 9.85. The fourth-order valence-electron chi connectivity index (χ4n) is 1.55. The van der Waals surface area contributed by atoms with Gasteiger partial charge in [-0.3, -0.25) is 4.79 Å². The van der Waals surface area contributed by atoms with Gasteiger partial charge in [0.25, 0.3) is 5.91 Å². The lowest BCUT2D eigenvalue weighted by Crippen LogP contribution is -2.11. The zero-order chi connectivity index (χ0) is 13.1. The molecule has 0 unspecified atom stereocenters. The predicted octanol–water partition coefficient (Wildman–Crippen LogP) is 2.60. The Morgan fingerprint density at radius 1 is 1.39 bits per heavy atom. The average molecular weight is 245 g/mol. The van der Waals surface area contributed by atoms with E-state index in [1.807, 2.05) is 37.3 Å². The molecular weight excluding hydrogens is 233 g/mol. The number of hydrogen-bond acceptors (Lipinski definition) is 2. The molecule has 1 amide bonds. The fraction of sp³-hybridized carbons (Fsp3) is 0.0769. The first kappa shape index (κ1) is 12.0. The molecule has 0 aliphatic rings. The molecule has 0 atom stereocenters. The van der Waals surface area contributed by atoms with Gasteiger partial charge in [0.15, 0.2) is 11.6 Å². The molecule has 0 bridgehead atoms. The number of amides is 1. The van der Waals surface area contributed by atoms with Gasteiger partial charge < -0.3 is 5.32 Å². The van der Waals surface area contributed by atoms with Gasteiger partial charge in [0, 0.05) is 11.8 Å². The van der Waals surface area contributed by atoms with Crippen LogP contribution in [-0.4, -0.2) is 15.7 Å². The minimum Gasteiger partial charge on any atom is -0.303 e. The molecule has 2 aromatic rings. The van der Waals surface area contributed by atoms with E-state index in [2.05, 4.69) is 17.0 Å². The average Bonchev–Trinajstić information content (AvgIpc) is 2.71. The molecule has 1 aromatic carbocycles. The van der Waals surface area contributed by atoms with E-state index in [-0.39, 0.29) is 0 Å². The number of aromatic nitrogens is 2. The summed E-state index contributed by atoms with van der Waals surface area (Å²) in [6.45, 7) is 4.77. The number of aryl methyl sites for hydroxylation is 1. The summed E-state index contributed by atoms with van der Waals surface area (Å²) in [4.78, 5) is 11.1. The molecule has 1 heterocycles. The van der Waals surface area contributed by atoms with Crippen molar-refractivity contribution < 1.29 is 9.18 Å². The van der Waals surface area contributed by atoms with Crippen LogP contribution in [0.4, 0.5) is 10.2 Å². The van der Waals surface area contributed by atoms with E-state index in [9.17, 15) is 9.18 Å². The van der Waals surface area contributed by atoms with Crippen molar-refractivity contribution in [3.63, 3.8) is 0 Å². The van der Waals surface area contributed by atoms with Crippen molar-refractivity contribution in [3.05, 3.63) is 54.5 Å². The van der Waals surface area contributed by atoms with Crippen molar-refractivity contribution in [1.82, 2.24) is 9.78 Å². The van der Waals surface area contributed by atoms with Gasteiger partial charge in [0.05, 0.1) is 5.69 Å². The molecule has 0 radical (unpaired) electrons. The van der Waals surface area contributed by atoms with E-state index in [1.165, 1.54) is 0 Å². The Kier molecular flexibility index (Phi) is 3.23. The predicted molar refractivity (Wildman–Crippen MR) is 67.2 cm³/mol. The van der Waals surface area contributed by atoms with Crippen molar-refractivity contribution in [3.8, 4) is 5.69 Å². The molecule has 0 saturated heterocycles. The van der Waals surface area contributed by atoms with Gasteiger partial charge in [0.1, 0.15) is 0 Å². The monoisotopic (exact) mass is 245 g/mol. The first-order chi connectivity index (χ1) is 8.58. The number of anilines is 1. The molecule has 0 aliphatic carbocycles. The highest BCUT2D eigenvalue weighted by Crippen LogP contribution is 2.15. The maximum Gasteiger partial charge on any atom is 0.284 e. The summed E-state index contributed by atoms with van der Waals surface area (Å²) < 4.78 is 14.2. The zero-order valence-electron chi connectivity index (χ0n) is 9.85. The number of nitrogens with zero attached hydrogens (tertiary/aromatic N) is 2. The lowest BCUT2D eigenvalue weighted by molar-refractivity contribution is -0.114. The fourth-order valence-corrected chi connectivity index (χ4v) is 1.55. The largest absolute Gasteiger partial charge is 0.303 e. The Morgan fingerprint density at radius 3 is 2.67 bits per heavy atom. The number of hydrogen-bond donors (Lipinski definition) is 1. The summed E-state index contributed by atoms with van der Waals surface area (Å²) >= 11 is 0. The van der Waals surface area contributed by atoms with Gasteiger partial charge in [-0.05, 0) is 19.1 Å². The maximum atomic E-state index is 12.6. The number of rotatable bonds is 3. The highest BCUT2D eigenvalue weighted by atomic mass is 19.1. The van der Waals surface area contributed by atoms with Crippen molar-refractivity contribution >= 4 is 11.7 Å². The summed E-state index contributed by atoms with van der Waals surface area (Å²) in [5, 5.41) is 6.51. The van der Waals surface area contributed by atoms with Crippen molar-refractivity contribution in [2.24, 2.45) is 0 Å². The third-order valence-electron chi connectivity index (χ3n) is 2.38. The van der Waals surface area contributed by atoms with Gasteiger partial charge in [-0.15, -0.1) is 5.10 Å². The van der Waals surface area contributed by atoms with E-state index in [1.54, 1.807) is 10.7 Å². The summed E-state index contributed by atoms with van der Waals surface area (Å²) in [6.07, 6.45) is 0. The molecular formula is C13H12FN3O. The third kappa shape index (κ3) is 2.45. The van der Waals surface area contributed by atoms with Crippen LogP contribution in [0.3, 0.4) is 0 Å². The lowest BCUT2D eigenvalue weighted by atomic mass is 10.3. The van der Waals surface area contributed by atoms with Crippen LogP contribution in [0.1, 0.15) is 5.69 Å². The van der Waals surface area contributed by atoms with Gasteiger partial charge in [-0.1, -0.05) is 24.8 Å². The number of carbonyl (C=O) groups is 1. The van der Waals surface area contributed by atoms with E-state index in [0.717, 1.165) is 11.4 Å². The Hall–Kier alpha value is -2.43. The van der Waals surface area contributed by atoms with Crippen molar-refractivity contribution in [1.29, 1.82) is 0 Å². The Morgan fingerprint density at radius 2 is 2.06 bits per heavy atom. The topological polar surface area (TPSA) is 46.9 Å². The number of carbonyl (C=O) groups excluding carboxylic acids is 1. The maximum absolute atomic E-state index is 12.6. The summed E-state index contributed by atoms with van der Waals surface area (Å²) in [5.41, 5.74) is 1.70. The lowest BCUT2D eigenvalue weighted by Gasteiger charge is -2.02. The third-order valence-corrected chi connectivity index (χ3v) is 2.38. The smallest absolute Gasteiger partial charge is 0.284 e. The number of nitrogens with one attached hydrogen (secondary N) is 1. The highest BCUT2D eigenvalue weighted by Gasteiger charge is 2.10. The van der Waals surface area contributed by atoms with Gasteiger partial charge >= 0.3 is 0 Å². The quantitative estimate of drug-likeness (QED) is 0.845. The van der Waals surface area contributed by atoms with E-state index < -0.39 is 11.7 Å². The van der Waals surface area contributed by atoms with Crippen LogP contribution < -0.4 is 5.32 Å². The van der Waals surface area contributed by atoms with Crippen LogP contribution in [0.25, 0.3) is 5.69 Å². The molecule has 0 fully saturated rings. The second-order valence-corrected chi connectivity index (χ2v) is 3.78. The van der Waals surface area contributed by atoms with E-state index in [0.29, 0.717) is 5.82 Å². The molecule has 2 rings (SSSR count). The van der Waals surface area contributed by atoms with Crippen LogP contribution in [0.5, 0.6) is 0 Å². The molecule has 92 valence electrons. The van der Waals surface area contributed by atoms with E-state index in [4.69, 9.17) is 0 Å². The van der Waals surface area contributed by atoms with Crippen LogP contribution in [-0.2, 0) is 4.79 Å². The normalized spacial score (nSPS) is 10.1. The summed E-state index contributed by atoms with van der Waals surface area (Å²) in [6, 6.07) is 11.1. The first-order valence-corrected chi connectivity index (χ1v) is 5.36. The molecule has 1 aromatic heterocycles. The van der Waals surface area contributed by atoms with Gasteiger partial charge in [0.2, 0.25) is 0 Å². The molecule has 18 heavy (non-hydrogen) atoms. The number of halogens is 1. The van der Waals surface area contributed by atoms with Crippen molar-refractivity contribution in [2.45, 2.75) is 6.92 Å². The second-order valence-electron chi connectivity index (χ2n) is 3.78. The first-order valence-electron chi connectivity index (χ1n) is 5.36. The van der Waals surface area contributed by atoms with Crippen LogP contribution in [0, 0.1) is 6.92 Å². The van der Waals surface area contributed by atoms with E-state index >= 15 is 0 Å². The standard InChI is InChI=1S/C13H12FN3O/c1-9-8-12(15-13(18)10(2)14)16-17(9)11-6-4-3-5-7-11/h3-8H,2H2,1H3,(H,15,16,18). The molecule has 5 heteroatoms. The number of para-hydroxylation sites is 1. The van der Waals surface area contributed by atoms with Crippen molar-refractivity contribution in [2.75, 3.05) is 5.32 Å². The Labute approximate surface area is 104 Å². The molecule has 0 aliphatic heterocycles. The van der Waals surface area contributed by atoms with Crippen LogP contribution in [0.15, 0.2) is 48.8 Å².